The largest absolute Gasteiger partial charge is 0.341 e. The van der Waals surface area contributed by atoms with Crippen LogP contribution in [0.3, 0.4) is 0 Å². The molecule has 0 aliphatic heterocycles. The SMILES string of the molecule is CCN(CCC#N)C(=O)CSc1nnc(Nc2ccc(C)c(C)c2)s1. The first-order chi connectivity index (χ1) is 12.0. The van der Waals surface area contributed by atoms with Crippen LogP contribution < -0.4 is 5.32 Å². The number of hydrogen-bond donors (Lipinski definition) is 1. The Labute approximate surface area is 156 Å². The van der Waals surface area contributed by atoms with Gasteiger partial charge in [-0.3, -0.25) is 4.79 Å². The summed E-state index contributed by atoms with van der Waals surface area (Å²) in [5.74, 6) is 0.319. The second-order valence-electron chi connectivity index (χ2n) is 5.47. The number of benzene rings is 1. The number of nitriles is 1. The lowest BCUT2D eigenvalue weighted by molar-refractivity contribution is -0.128. The first-order valence-electron chi connectivity index (χ1n) is 7.98. The minimum Gasteiger partial charge on any atom is -0.341 e. The minimum atomic E-state index is 0.0154. The fraction of sp³-hybridized carbons (Fsp3) is 0.412. The molecule has 1 aromatic carbocycles. The molecule has 0 bridgehead atoms. The number of thioether (sulfide) groups is 1. The molecule has 1 aromatic heterocycles. The van der Waals surface area contributed by atoms with Crippen LogP contribution in [0.15, 0.2) is 22.5 Å². The van der Waals surface area contributed by atoms with Crippen molar-refractivity contribution in [3.05, 3.63) is 29.3 Å². The molecule has 0 radical (unpaired) electrons. The second-order valence-corrected chi connectivity index (χ2v) is 7.67. The van der Waals surface area contributed by atoms with E-state index in [1.807, 2.05) is 13.0 Å². The van der Waals surface area contributed by atoms with Gasteiger partial charge in [0.25, 0.3) is 0 Å². The van der Waals surface area contributed by atoms with E-state index >= 15 is 0 Å². The number of hydrogen-bond acceptors (Lipinski definition) is 7. The third kappa shape index (κ3) is 5.73. The van der Waals surface area contributed by atoms with Gasteiger partial charge in [0, 0.05) is 18.8 Å². The molecule has 132 valence electrons. The van der Waals surface area contributed by atoms with Crippen LogP contribution in [0.4, 0.5) is 10.8 Å². The van der Waals surface area contributed by atoms with Crippen LogP contribution in [-0.4, -0.2) is 39.8 Å². The Balaban J connectivity index is 1.89. The van der Waals surface area contributed by atoms with Crippen LogP contribution in [0.25, 0.3) is 0 Å². The first-order valence-corrected chi connectivity index (χ1v) is 9.79. The maximum absolute atomic E-state index is 12.2. The zero-order valence-corrected chi connectivity index (χ0v) is 16.2. The van der Waals surface area contributed by atoms with E-state index in [0.29, 0.717) is 30.4 Å². The number of rotatable bonds is 8. The van der Waals surface area contributed by atoms with Crippen LogP contribution in [0, 0.1) is 25.2 Å². The number of aromatic nitrogens is 2. The lowest BCUT2D eigenvalue weighted by Crippen LogP contribution is -2.32. The van der Waals surface area contributed by atoms with Crippen LogP contribution >= 0.6 is 23.1 Å². The predicted octanol–water partition coefficient (Wildman–Crippen LogP) is 3.75. The molecule has 1 N–H and O–H groups in total. The van der Waals surface area contributed by atoms with Gasteiger partial charge in [-0.2, -0.15) is 5.26 Å². The monoisotopic (exact) mass is 375 g/mol. The van der Waals surface area contributed by atoms with Gasteiger partial charge in [0.1, 0.15) is 0 Å². The van der Waals surface area contributed by atoms with Crippen molar-refractivity contribution in [2.45, 2.75) is 31.5 Å². The molecule has 0 atom stereocenters. The maximum atomic E-state index is 12.2. The van der Waals surface area contributed by atoms with Gasteiger partial charge in [0.05, 0.1) is 18.2 Å². The highest BCUT2D eigenvalue weighted by Gasteiger charge is 2.13. The van der Waals surface area contributed by atoms with Gasteiger partial charge in [-0.1, -0.05) is 29.2 Å². The molecule has 25 heavy (non-hydrogen) atoms. The summed E-state index contributed by atoms with van der Waals surface area (Å²) in [6.45, 7) is 7.14. The summed E-state index contributed by atoms with van der Waals surface area (Å²) in [5, 5.41) is 20.8. The van der Waals surface area contributed by atoms with Crippen molar-refractivity contribution in [3.8, 4) is 6.07 Å². The standard InChI is InChI=1S/C17H21N5OS2/c1-4-22(9-5-8-18)15(23)11-24-17-21-20-16(25-17)19-14-7-6-12(2)13(3)10-14/h6-7,10H,4-5,9,11H2,1-3H3,(H,19,20). The van der Waals surface area contributed by atoms with E-state index < -0.39 is 0 Å². The van der Waals surface area contributed by atoms with E-state index in [4.69, 9.17) is 5.26 Å². The molecule has 0 fully saturated rings. The van der Waals surface area contributed by atoms with Crippen LogP contribution in [0.5, 0.6) is 0 Å². The number of nitrogens with zero attached hydrogens (tertiary/aromatic N) is 4. The summed E-state index contributed by atoms with van der Waals surface area (Å²) in [7, 11) is 0. The average Bonchev–Trinajstić information content (AvgIpc) is 3.04. The molecule has 0 saturated heterocycles. The van der Waals surface area contributed by atoms with E-state index in [-0.39, 0.29) is 5.91 Å². The Morgan fingerprint density at radius 1 is 1.36 bits per heavy atom. The van der Waals surface area contributed by atoms with Crippen molar-refractivity contribution >= 4 is 39.8 Å². The number of carbonyl (C=O) groups excluding carboxylic acids is 1. The number of amides is 1. The summed E-state index contributed by atoms with van der Waals surface area (Å²) in [6, 6.07) is 8.21. The van der Waals surface area contributed by atoms with E-state index in [1.54, 1.807) is 4.90 Å². The zero-order valence-electron chi connectivity index (χ0n) is 14.6. The number of aryl methyl sites for hydroxylation is 2. The average molecular weight is 376 g/mol. The van der Waals surface area contributed by atoms with Gasteiger partial charge in [0.15, 0.2) is 4.34 Å². The van der Waals surface area contributed by atoms with Crippen LogP contribution in [-0.2, 0) is 4.79 Å². The predicted molar refractivity (Wildman–Crippen MR) is 102 cm³/mol. The van der Waals surface area contributed by atoms with Crippen molar-refractivity contribution in [1.29, 1.82) is 5.26 Å². The Bertz CT molecular complexity index is 769. The summed E-state index contributed by atoms with van der Waals surface area (Å²) in [4.78, 5) is 13.8. The Hall–Kier alpha value is -2.11. The molecular weight excluding hydrogens is 354 g/mol. The Morgan fingerprint density at radius 3 is 2.84 bits per heavy atom. The van der Waals surface area contributed by atoms with Gasteiger partial charge in [-0.05, 0) is 44.0 Å². The van der Waals surface area contributed by atoms with Crippen LogP contribution in [0.1, 0.15) is 24.5 Å². The van der Waals surface area contributed by atoms with E-state index in [9.17, 15) is 4.79 Å². The molecule has 0 unspecified atom stereocenters. The molecule has 6 nitrogen and oxygen atoms in total. The van der Waals surface area contributed by atoms with Crippen molar-refractivity contribution in [3.63, 3.8) is 0 Å². The number of carbonyl (C=O) groups is 1. The minimum absolute atomic E-state index is 0.0154. The molecule has 8 heteroatoms. The summed E-state index contributed by atoms with van der Waals surface area (Å²) >= 11 is 2.80. The fourth-order valence-corrected chi connectivity index (χ4v) is 3.80. The second kappa shape index (κ2) is 9.39. The molecule has 0 aliphatic rings. The summed E-state index contributed by atoms with van der Waals surface area (Å²) < 4.78 is 0.746. The summed E-state index contributed by atoms with van der Waals surface area (Å²) in [5.41, 5.74) is 3.43. The molecule has 1 amide bonds. The quantitative estimate of drug-likeness (QED) is 0.708. The lowest BCUT2D eigenvalue weighted by atomic mass is 10.1. The van der Waals surface area contributed by atoms with Gasteiger partial charge >= 0.3 is 0 Å². The molecule has 0 aliphatic carbocycles. The highest BCUT2D eigenvalue weighted by atomic mass is 32.2. The molecule has 1 heterocycles. The van der Waals surface area contributed by atoms with Crippen molar-refractivity contribution in [2.24, 2.45) is 0 Å². The zero-order chi connectivity index (χ0) is 18.2. The number of nitrogens with one attached hydrogen (secondary N) is 1. The highest BCUT2D eigenvalue weighted by Crippen LogP contribution is 2.28. The third-order valence-corrected chi connectivity index (χ3v) is 5.67. The van der Waals surface area contributed by atoms with Gasteiger partial charge < -0.3 is 10.2 Å². The van der Waals surface area contributed by atoms with Gasteiger partial charge in [-0.25, -0.2) is 0 Å². The van der Waals surface area contributed by atoms with E-state index in [0.717, 1.165) is 10.0 Å². The van der Waals surface area contributed by atoms with Crippen LogP contribution in [0.2, 0.25) is 0 Å². The van der Waals surface area contributed by atoms with Crippen molar-refractivity contribution in [1.82, 2.24) is 15.1 Å². The smallest absolute Gasteiger partial charge is 0.233 e. The van der Waals surface area contributed by atoms with Crippen molar-refractivity contribution in [2.75, 3.05) is 24.2 Å². The third-order valence-electron chi connectivity index (χ3n) is 3.71. The lowest BCUT2D eigenvalue weighted by Gasteiger charge is -2.18. The van der Waals surface area contributed by atoms with Gasteiger partial charge in [0.2, 0.25) is 11.0 Å². The Kier molecular flexibility index (Phi) is 7.22. The highest BCUT2D eigenvalue weighted by molar-refractivity contribution is 8.01. The normalized spacial score (nSPS) is 10.3. The molecule has 2 aromatic rings. The van der Waals surface area contributed by atoms with E-state index in [2.05, 4.69) is 47.6 Å². The molecule has 0 spiro atoms. The van der Waals surface area contributed by atoms with E-state index in [1.165, 1.54) is 34.2 Å². The fourth-order valence-electron chi connectivity index (χ4n) is 2.12. The molecule has 2 rings (SSSR count). The van der Waals surface area contributed by atoms with Gasteiger partial charge in [-0.15, -0.1) is 10.2 Å². The molecule has 0 saturated carbocycles. The topological polar surface area (TPSA) is 81.9 Å². The number of anilines is 2. The maximum Gasteiger partial charge on any atom is 0.233 e. The molecular formula is C17H21N5OS2. The first kappa shape index (κ1) is 19.2. The summed E-state index contributed by atoms with van der Waals surface area (Å²) in [6.07, 6.45) is 0.354. The van der Waals surface area contributed by atoms with Crippen molar-refractivity contribution < 1.29 is 4.79 Å². The Morgan fingerprint density at radius 2 is 2.16 bits per heavy atom.